The third kappa shape index (κ3) is 3.89. The van der Waals surface area contributed by atoms with Crippen molar-refractivity contribution in [1.29, 1.82) is 0 Å². The molecule has 0 saturated heterocycles. The van der Waals surface area contributed by atoms with Crippen LogP contribution in [0.4, 0.5) is 0 Å². The molecule has 0 atom stereocenters. The van der Waals surface area contributed by atoms with Crippen molar-refractivity contribution >= 4 is 22.6 Å². The number of nitrogens with one attached hydrogen (secondary N) is 1. The van der Waals surface area contributed by atoms with Crippen LogP contribution in [-0.4, -0.2) is 20.8 Å². The van der Waals surface area contributed by atoms with Gasteiger partial charge in [-0.2, -0.15) is 0 Å². The monoisotopic (exact) mass is 387 g/mol. The second-order valence-electron chi connectivity index (χ2n) is 4.30. The van der Waals surface area contributed by atoms with Crippen LogP contribution in [0.3, 0.4) is 0 Å². The lowest BCUT2D eigenvalue weighted by Crippen LogP contribution is -2.16. The highest BCUT2D eigenvalue weighted by Crippen LogP contribution is 2.30. The van der Waals surface area contributed by atoms with E-state index in [1.54, 1.807) is 20.5 Å². The molecule has 20 heavy (non-hydrogen) atoms. The van der Waals surface area contributed by atoms with Crippen LogP contribution < -0.4 is 14.8 Å². The largest absolute Gasteiger partial charge is 0.496 e. The number of hydrogen-bond donors (Lipinski definition) is 1. The summed E-state index contributed by atoms with van der Waals surface area (Å²) >= 11 is 2.25. The van der Waals surface area contributed by atoms with Crippen molar-refractivity contribution in [3.05, 3.63) is 45.4 Å². The van der Waals surface area contributed by atoms with Crippen LogP contribution in [0.25, 0.3) is 0 Å². The Bertz CT molecular complexity index is 540. The van der Waals surface area contributed by atoms with Crippen LogP contribution in [0.1, 0.15) is 11.3 Å². The molecule has 1 aromatic carbocycles. The van der Waals surface area contributed by atoms with Crippen molar-refractivity contribution in [3.63, 3.8) is 0 Å². The highest BCUT2D eigenvalue weighted by Gasteiger charge is 2.09. The number of benzene rings is 1. The summed E-state index contributed by atoms with van der Waals surface area (Å²) in [5.74, 6) is 2.72. The third-order valence-corrected chi connectivity index (χ3v) is 3.85. The molecule has 0 aliphatic rings. The average molecular weight is 387 g/mol. The Morgan fingerprint density at radius 3 is 2.65 bits per heavy atom. The van der Waals surface area contributed by atoms with Gasteiger partial charge in [0.05, 0.1) is 30.6 Å². The zero-order valence-electron chi connectivity index (χ0n) is 11.6. The molecule has 4 nitrogen and oxygen atoms in total. The van der Waals surface area contributed by atoms with Crippen molar-refractivity contribution in [2.24, 2.45) is 0 Å². The highest BCUT2D eigenvalue weighted by molar-refractivity contribution is 14.1. The Hall–Kier alpha value is -1.21. The average Bonchev–Trinajstić information content (AvgIpc) is 2.97. The van der Waals surface area contributed by atoms with Gasteiger partial charge in [0.2, 0.25) is 0 Å². The Balaban J connectivity index is 1.94. The van der Waals surface area contributed by atoms with Gasteiger partial charge in [0, 0.05) is 0 Å². The second-order valence-corrected chi connectivity index (χ2v) is 5.47. The number of hydrogen-bond acceptors (Lipinski definition) is 4. The summed E-state index contributed by atoms with van der Waals surface area (Å²) < 4.78 is 17.1. The van der Waals surface area contributed by atoms with E-state index in [-0.39, 0.29) is 0 Å². The van der Waals surface area contributed by atoms with Gasteiger partial charge in [-0.1, -0.05) is 0 Å². The van der Waals surface area contributed by atoms with Crippen LogP contribution in [-0.2, 0) is 13.0 Å². The molecule has 0 bridgehead atoms. The SMILES string of the molecule is COc1cc(CCNCc2ccco2)c(OC)cc1I. The van der Waals surface area contributed by atoms with Gasteiger partial charge < -0.3 is 19.2 Å². The van der Waals surface area contributed by atoms with Crippen molar-refractivity contribution in [2.75, 3.05) is 20.8 Å². The minimum Gasteiger partial charge on any atom is -0.496 e. The fraction of sp³-hybridized carbons (Fsp3) is 0.333. The molecule has 0 fully saturated rings. The van der Waals surface area contributed by atoms with Gasteiger partial charge in [-0.3, -0.25) is 0 Å². The smallest absolute Gasteiger partial charge is 0.132 e. The number of methoxy groups -OCH3 is 2. The molecule has 1 N–H and O–H groups in total. The molecule has 2 aromatic rings. The predicted octanol–water partition coefficient (Wildman–Crippen LogP) is 3.23. The number of furan rings is 1. The summed E-state index contributed by atoms with van der Waals surface area (Å²) in [5.41, 5.74) is 1.14. The van der Waals surface area contributed by atoms with Gasteiger partial charge >= 0.3 is 0 Å². The van der Waals surface area contributed by atoms with Crippen molar-refractivity contribution < 1.29 is 13.9 Å². The molecule has 0 unspecified atom stereocenters. The van der Waals surface area contributed by atoms with E-state index in [4.69, 9.17) is 13.9 Å². The molecule has 0 spiro atoms. The molecule has 0 aliphatic heterocycles. The first-order valence-electron chi connectivity index (χ1n) is 6.38. The molecule has 0 amide bonds. The number of rotatable bonds is 7. The Labute approximate surface area is 132 Å². The van der Waals surface area contributed by atoms with E-state index in [2.05, 4.69) is 27.9 Å². The highest BCUT2D eigenvalue weighted by atomic mass is 127. The normalized spacial score (nSPS) is 10.6. The fourth-order valence-electron chi connectivity index (χ4n) is 1.97. The van der Waals surface area contributed by atoms with E-state index >= 15 is 0 Å². The molecule has 1 aromatic heterocycles. The lowest BCUT2D eigenvalue weighted by molar-refractivity contribution is 0.395. The fourth-order valence-corrected chi connectivity index (χ4v) is 2.63. The molecular weight excluding hydrogens is 369 g/mol. The van der Waals surface area contributed by atoms with E-state index in [1.807, 2.05) is 24.3 Å². The molecule has 0 saturated carbocycles. The maximum Gasteiger partial charge on any atom is 0.132 e. The lowest BCUT2D eigenvalue weighted by atomic mass is 10.1. The van der Waals surface area contributed by atoms with Gasteiger partial charge in [0.25, 0.3) is 0 Å². The number of ether oxygens (including phenoxy) is 2. The van der Waals surface area contributed by atoms with Crippen molar-refractivity contribution in [1.82, 2.24) is 5.32 Å². The summed E-state index contributed by atoms with van der Waals surface area (Å²) in [6.07, 6.45) is 2.56. The van der Waals surface area contributed by atoms with E-state index in [9.17, 15) is 0 Å². The van der Waals surface area contributed by atoms with Gasteiger partial charge in [0.15, 0.2) is 0 Å². The second kappa shape index (κ2) is 7.54. The van der Waals surface area contributed by atoms with Gasteiger partial charge in [0.1, 0.15) is 17.3 Å². The maximum atomic E-state index is 5.42. The molecular formula is C15H18INO3. The summed E-state index contributed by atoms with van der Waals surface area (Å²) in [4.78, 5) is 0. The summed E-state index contributed by atoms with van der Waals surface area (Å²) in [5, 5.41) is 3.35. The summed E-state index contributed by atoms with van der Waals surface area (Å²) in [7, 11) is 3.38. The van der Waals surface area contributed by atoms with E-state index in [1.165, 1.54) is 0 Å². The lowest BCUT2D eigenvalue weighted by Gasteiger charge is -2.12. The predicted molar refractivity (Wildman–Crippen MR) is 86.4 cm³/mol. The molecule has 1 heterocycles. The zero-order valence-corrected chi connectivity index (χ0v) is 13.8. The minimum absolute atomic E-state index is 0.733. The summed E-state index contributed by atoms with van der Waals surface area (Å²) in [6.45, 7) is 1.58. The quantitative estimate of drug-likeness (QED) is 0.585. The van der Waals surface area contributed by atoms with Crippen molar-refractivity contribution in [3.8, 4) is 11.5 Å². The first-order valence-corrected chi connectivity index (χ1v) is 7.46. The van der Waals surface area contributed by atoms with Crippen LogP contribution in [0, 0.1) is 3.57 Å². The van der Waals surface area contributed by atoms with E-state index in [0.717, 1.165) is 45.9 Å². The standard InChI is InChI=1S/C15H18INO3/c1-18-14-9-13(16)15(19-2)8-11(14)5-6-17-10-12-4-3-7-20-12/h3-4,7-9,17H,5-6,10H2,1-2H3. The van der Waals surface area contributed by atoms with Gasteiger partial charge in [-0.15, -0.1) is 0 Å². The Morgan fingerprint density at radius 1 is 1.20 bits per heavy atom. The van der Waals surface area contributed by atoms with E-state index in [0.29, 0.717) is 0 Å². The molecule has 2 rings (SSSR count). The number of halogens is 1. The zero-order chi connectivity index (χ0) is 14.4. The van der Waals surface area contributed by atoms with Crippen LogP contribution in [0.2, 0.25) is 0 Å². The molecule has 5 heteroatoms. The summed E-state index contributed by atoms with van der Waals surface area (Å²) in [6, 6.07) is 7.89. The van der Waals surface area contributed by atoms with Crippen LogP contribution in [0.5, 0.6) is 11.5 Å². The van der Waals surface area contributed by atoms with Gasteiger partial charge in [-0.25, -0.2) is 0 Å². The maximum absolute atomic E-state index is 5.42. The molecule has 0 aliphatic carbocycles. The Morgan fingerprint density at radius 2 is 2.00 bits per heavy atom. The topological polar surface area (TPSA) is 43.6 Å². The van der Waals surface area contributed by atoms with Crippen LogP contribution in [0.15, 0.2) is 34.9 Å². The first-order chi connectivity index (χ1) is 9.74. The minimum atomic E-state index is 0.733. The van der Waals surface area contributed by atoms with Gasteiger partial charge in [-0.05, 0) is 65.4 Å². The molecule has 108 valence electrons. The van der Waals surface area contributed by atoms with E-state index < -0.39 is 0 Å². The first kappa shape index (κ1) is 15.2. The third-order valence-electron chi connectivity index (χ3n) is 3.01. The molecule has 0 radical (unpaired) electrons. The van der Waals surface area contributed by atoms with Crippen molar-refractivity contribution in [2.45, 2.75) is 13.0 Å². The van der Waals surface area contributed by atoms with Crippen LogP contribution >= 0.6 is 22.6 Å². The Kier molecular flexibility index (Phi) is 5.72.